The second-order valence-electron chi connectivity index (χ2n) is 3.35. The first-order valence-electron chi connectivity index (χ1n) is 5.46. The van der Waals surface area contributed by atoms with Gasteiger partial charge < -0.3 is 4.74 Å². The molecule has 0 N–H and O–H groups in total. The molecule has 0 fully saturated rings. The zero-order valence-corrected chi connectivity index (χ0v) is 10.9. The maximum atomic E-state index is 5.30. The molecule has 1 aromatic heterocycles. The Kier molecular flexibility index (Phi) is 4.63. The van der Waals surface area contributed by atoms with Crippen LogP contribution in [-0.4, -0.2) is 24.0 Å². The van der Waals surface area contributed by atoms with E-state index in [4.69, 9.17) is 4.74 Å². The fraction of sp³-hybridized carbons (Fsp3) is 0.417. The van der Waals surface area contributed by atoms with Crippen LogP contribution >= 0.6 is 23.1 Å². The summed E-state index contributed by atoms with van der Waals surface area (Å²) in [7, 11) is 0. The van der Waals surface area contributed by atoms with Gasteiger partial charge in [0.1, 0.15) is 0 Å². The number of thiazole rings is 1. The fourth-order valence-electron chi connectivity index (χ4n) is 1.38. The van der Waals surface area contributed by atoms with Crippen molar-refractivity contribution in [2.45, 2.75) is 17.7 Å². The van der Waals surface area contributed by atoms with Crippen LogP contribution in [0.2, 0.25) is 0 Å². The molecule has 2 nitrogen and oxygen atoms in total. The number of hydrogen-bond donors (Lipinski definition) is 0. The van der Waals surface area contributed by atoms with E-state index in [-0.39, 0.29) is 0 Å². The van der Waals surface area contributed by atoms with Crippen LogP contribution in [0.1, 0.15) is 13.3 Å². The van der Waals surface area contributed by atoms with E-state index < -0.39 is 0 Å². The summed E-state index contributed by atoms with van der Waals surface area (Å²) in [5, 5.41) is 0. The normalized spacial score (nSPS) is 11.1. The third-order valence-electron chi connectivity index (χ3n) is 2.14. The number of nitrogens with zero attached hydrogens (tertiary/aromatic N) is 1. The van der Waals surface area contributed by atoms with Crippen molar-refractivity contribution in [1.29, 1.82) is 0 Å². The molecule has 0 unspecified atom stereocenters. The van der Waals surface area contributed by atoms with Crippen LogP contribution < -0.4 is 0 Å². The van der Waals surface area contributed by atoms with Crippen molar-refractivity contribution < 1.29 is 4.74 Å². The summed E-state index contributed by atoms with van der Waals surface area (Å²) in [5.41, 5.74) is 1.11. The number of aromatic nitrogens is 1. The summed E-state index contributed by atoms with van der Waals surface area (Å²) in [6, 6.07) is 8.28. The number of fused-ring (bicyclic) bond motifs is 1. The molecule has 0 bridgehead atoms. The third-order valence-corrected chi connectivity index (χ3v) is 4.40. The SMILES string of the molecule is CCOCCCSc1nc2ccccc2s1. The molecule has 1 aromatic carbocycles. The van der Waals surface area contributed by atoms with Crippen LogP contribution in [0.15, 0.2) is 28.6 Å². The zero-order chi connectivity index (χ0) is 11.2. The molecule has 0 radical (unpaired) electrons. The summed E-state index contributed by atoms with van der Waals surface area (Å²) in [6.45, 7) is 3.70. The smallest absolute Gasteiger partial charge is 0.151 e. The number of benzene rings is 1. The molecule has 0 aliphatic rings. The van der Waals surface area contributed by atoms with Crippen LogP contribution in [-0.2, 0) is 4.74 Å². The fourth-order valence-corrected chi connectivity index (χ4v) is 3.43. The molecule has 2 aromatic rings. The average Bonchev–Trinajstić information content (AvgIpc) is 2.71. The molecular formula is C12H15NOS2. The molecule has 1 heterocycles. The van der Waals surface area contributed by atoms with E-state index in [2.05, 4.69) is 23.2 Å². The molecule has 0 atom stereocenters. The molecule has 0 aliphatic heterocycles. The Morgan fingerprint density at radius 3 is 3.06 bits per heavy atom. The van der Waals surface area contributed by atoms with Gasteiger partial charge in [0.05, 0.1) is 10.2 Å². The lowest BCUT2D eigenvalue weighted by molar-refractivity contribution is 0.149. The van der Waals surface area contributed by atoms with Gasteiger partial charge in [0.2, 0.25) is 0 Å². The molecule has 0 amide bonds. The van der Waals surface area contributed by atoms with E-state index in [9.17, 15) is 0 Å². The molecule has 0 saturated heterocycles. The van der Waals surface area contributed by atoms with Crippen LogP contribution in [0, 0.1) is 0 Å². The highest BCUT2D eigenvalue weighted by molar-refractivity contribution is 8.01. The standard InChI is InChI=1S/C12H15NOS2/c1-2-14-8-5-9-15-12-13-10-6-3-4-7-11(10)16-12/h3-4,6-7H,2,5,8-9H2,1H3. The first kappa shape index (κ1) is 11.9. The van der Waals surface area contributed by atoms with Crippen molar-refractivity contribution in [2.24, 2.45) is 0 Å². The lowest BCUT2D eigenvalue weighted by Gasteiger charge is -1.98. The first-order chi connectivity index (χ1) is 7.90. The van der Waals surface area contributed by atoms with Gasteiger partial charge >= 0.3 is 0 Å². The van der Waals surface area contributed by atoms with Gasteiger partial charge in [-0.25, -0.2) is 4.98 Å². The molecular weight excluding hydrogens is 238 g/mol. The lowest BCUT2D eigenvalue weighted by atomic mass is 10.3. The Bertz CT molecular complexity index is 408. The van der Waals surface area contributed by atoms with Crippen LogP contribution in [0.4, 0.5) is 0 Å². The van der Waals surface area contributed by atoms with Crippen LogP contribution in [0.25, 0.3) is 10.2 Å². The van der Waals surface area contributed by atoms with Crippen LogP contribution in [0.5, 0.6) is 0 Å². The minimum Gasteiger partial charge on any atom is -0.382 e. The van der Waals surface area contributed by atoms with E-state index in [0.29, 0.717) is 0 Å². The van der Waals surface area contributed by atoms with Crippen molar-refractivity contribution in [1.82, 2.24) is 4.98 Å². The van der Waals surface area contributed by atoms with Gasteiger partial charge in [-0.1, -0.05) is 23.9 Å². The lowest BCUT2D eigenvalue weighted by Crippen LogP contribution is -1.94. The second kappa shape index (κ2) is 6.23. The van der Waals surface area contributed by atoms with Crippen LogP contribution in [0.3, 0.4) is 0 Å². The molecule has 16 heavy (non-hydrogen) atoms. The average molecular weight is 253 g/mol. The van der Waals surface area contributed by atoms with E-state index in [1.807, 2.05) is 24.8 Å². The van der Waals surface area contributed by atoms with E-state index in [1.54, 1.807) is 11.3 Å². The van der Waals surface area contributed by atoms with E-state index in [1.165, 1.54) is 4.70 Å². The number of hydrogen-bond acceptors (Lipinski definition) is 4. The number of thioether (sulfide) groups is 1. The Balaban J connectivity index is 1.85. The summed E-state index contributed by atoms with van der Waals surface area (Å²) in [5.74, 6) is 1.08. The van der Waals surface area contributed by atoms with E-state index in [0.717, 1.165) is 35.2 Å². The van der Waals surface area contributed by atoms with Gasteiger partial charge in [0, 0.05) is 19.0 Å². The number of para-hydroxylation sites is 1. The number of ether oxygens (including phenoxy) is 1. The Hall–Kier alpha value is -0.580. The van der Waals surface area contributed by atoms with Gasteiger partial charge in [-0.2, -0.15) is 0 Å². The molecule has 0 saturated carbocycles. The summed E-state index contributed by atoms with van der Waals surface area (Å²) in [4.78, 5) is 4.57. The quantitative estimate of drug-likeness (QED) is 0.577. The largest absolute Gasteiger partial charge is 0.382 e. The molecule has 2 rings (SSSR count). The monoisotopic (exact) mass is 253 g/mol. The maximum absolute atomic E-state index is 5.30. The van der Waals surface area contributed by atoms with Crippen molar-refractivity contribution in [3.63, 3.8) is 0 Å². The van der Waals surface area contributed by atoms with Gasteiger partial charge in [0.25, 0.3) is 0 Å². The molecule has 86 valence electrons. The Morgan fingerprint density at radius 1 is 1.38 bits per heavy atom. The topological polar surface area (TPSA) is 22.1 Å². The number of rotatable bonds is 6. The minimum absolute atomic E-state index is 0.811. The van der Waals surface area contributed by atoms with Gasteiger partial charge in [-0.15, -0.1) is 11.3 Å². The third kappa shape index (κ3) is 3.20. The zero-order valence-electron chi connectivity index (χ0n) is 9.31. The van der Waals surface area contributed by atoms with Crippen molar-refractivity contribution >= 4 is 33.3 Å². The molecule has 0 aliphatic carbocycles. The van der Waals surface area contributed by atoms with Gasteiger partial charge in [-0.05, 0) is 25.5 Å². The Morgan fingerprint density at radius 2 is 2.25 bits per heavy atom. The maximum Gasteiger partial charge on any atom is 0.151 e. The second-order valence-corrected chi connectivity index (χ2v) is 5.72. The van der Waals surface area contributed by atoms with Gasteiger partial charge in [-0.3, -0.25) is 0 Å². The summed E-state index contributed by atoms with van der Waals surface area (Å²) >= 11 is 3.60. The molecule has 0 spiro atoms. The van der Waals surface area contributed by atoms with Crippen molar-refractivity contribution in [2.75, 3.05) is 19.0 Å². The van der Waals surface area contributed by atoms with Crippen molar-refractivity contribution in [3.05, 3.63) is 24.3 Å². The highest BCUT2D eigenvalue weighted by atomic mass is 32.2. The summed E-state index contributed by atoms with van der Waals surface area (Å²) < 4.78 is 7.74. The first-order valence-corrected chi connectivity index (χ1v) is 7.26. The summed E-state index contributed by atoms with van der Waals surface area (Å²) in [6.07, 6.45) is 1.09. The minimum atomic E-state index is 0.811. The molecule has 4 heteroatoms. The predicted octanol–water partition coefficient (Wildman–Crippen LogP) is 3.82. The highest BCUT2D eigenvalue weighted by Gasteiger charge is 2.02. The van der Waals surface area contributed by atoms with Gasteiger partial charge in [0.15, 0.2) is 4.34 Å². The van der Waals surface area contributed by atoms with Crippen molar-refractivity contribution in [3.8, 4) is 0 Å². The Labute approximate surface area is 104 Å². The van der Waals surface area contributed by atoms with E-state index >= 15 is 0 Å². The predicted molar refractivity (Wildman–Crippen MR) is 71.5 cm³/mol. The highest BCUT2D eigenvalue weighted by Crippen LogP contribution is 2.29.